The molecule has 1 fully saturated rings. The molecule has 0 saturated carbocycles. The summed E-state index contributed by atoms with van der Waals surface area (Å²) in [5, 5.41) is 5.81. The molecule has 1 atom stereocenters. The average molecular weight is 409 g/mol. The summed E-state index contributed by atoms with van der Waals surface area (Å²) in [6.45, 7) is 1.65. The van der Waals surface area contributed by atoms with Crippen molar-refractivity contribution in [1.29, 1.82) is 0 Å². The molecule has 5 rings (SSSR count). The molecule has 5 nitrogen and oxygen atoms in total. The molecule has 0 aliphatic carbocycles. The van der Waals surface area contributed by atoms with Gasteiger partial charge in [-0.15, -0.1) is 16.4 Å². The number of hydrogen-bond acceptors (Lipinski definition) is 6. The highest BCUT2D eigenvalue weighted by molar-refractivity contribution is 7.71. The summed E-state index contributed by atoms with van der Waals surface area (Å²) in [6.07, 6.45) is 2.92. The fraction of sp³-hybridized carbons (Fsp3) is 0.286. The summed E-state index contributed by atoms with van der Waals surface area (Å²) < 4.78 is 8.79. The zero-order chi connectivity index (χ0) is 18.9. The van der Waals surface area contributed by atoms with E-state index in [1.165, 1.54) is 15.3 Å². The molecule has 1 aliphatic heterocycles. The first kappa shape index (κ1) is 17.7. The Labute approximate surface area is 172 Å². The Morgan fingerprint density at radius 2 is 1.93 bits per heavy atom. The van der Waals surface area contributed by atoms with Crippen LogP contribution in [0.25, 0.3) is 10.2 Å². The van der Waals surface area contributed by atoms with Gasteiger partial charge in [-0.3, -0.25) is 4.90 Å². The second kappa shape index (κ2) is 7.58. The van der Waals surface area contributed by atoms with Crippen LogP contribution in [0.3, 0.4) is 0 Å². The molecular formula is C21H20N4OS2. The van der Waals surface area contributed by atoms with Crippen LogP contribution < -0.4 is 0 Å². The monoisotopic (exact) mass is 408 g/mol. The number of para-hydroxylation sites is 1. The van der Waals surface area contributed by atoms with Gasteiger partial charge in [-0.25, -0.2) is 9.67 Å². The zero-order valence-corrected chi connectivity index (χ0v) is 17.0. The summed E-state index contributed by atoms with van der Waals surface area (Å²) >= 11 is 7.21. The van der Waals surface area contributed by atoms with Crippen molar-refractivity contribution in [3.05, 3.63) is 75.9 Å². The van der Waals surface area contributed by atoms with Crippen molar-refractivity contribution >= 4 is 33.8 Å². The first-order chi connectivity index (χ1) is 13.8. The summed E-state index contributed by atoms with van der Waals surface area (Å²) in [5.74, 6) is 0.659. The van der Waals surface area contributed by atoms with E-state index in [-0.39, 0.29) is 0 Å². The molecule has 2 aromatic carbocycles. The van der Waals surface area contributed by atoms with Crippen LogP contribution in [-0.4, -0.2) is 26.2 Å². The summed E-state index contributed by atoms with van der Waals surface area (Å²) in [4.78, 5) is 7.70. The van der Waals surface area contributed by atoms with E-state index in [0.717, 1.165) is 24.9 Å². The summed E-state index contributed by atoms with van der Waals surface area (Å²) in [7, 11) is 0. The van der Waals surface area contributed by atoms with Crippen LogP contribution in [0.5, 0.6) is 0 Å². The van der Waals surface area contributed by atoms with E-state index < -0.39 is 0 Å². The van der Waals surface area contributed by atoms with Crippen molar-refractivity contribution in [1.82, 2.24) is 19.7 Å². The predicted octanol–water partition coefficient (Wildman–Crippen LogP) is 5.20. The molecular weight excluding hydrogens is 388 g/mol. The molecule has 0 N–H and O–H groups in total. The first-order valence-corrected chi connectivity index (χ1v) is 10.7. The van der Waals surface area contributed by atoms with E-state index in [1.54, 1.807) is 16.0 Å². The number of rotatable bonds is 5. The maximum Gasteiger partial charge on any atom is 0.288 e. The van der Waals surface area contributed by atoms with Gasteiger partial charge in [0.2, 0.25) is 5.89 Å². The van der Waals surface area contributed by atoms with Gasteiger partial charge in [0.25, 0.3) is 4.84 Å². The van der Waals surface area contributed by atoms with E-state index in [0.29, 0.717) is 29.9 Å². The van der Waals surface area contributed by atoms with Gasteiger partial charge in [0.15, 0.2) is 0 Å². The number of thiazole rings is 1. The normalized spacial score (nSPS) is 17.5. The van der Waals surface area contributed by atoms with Crippen molar-refractivity contribution in [3.8, 4) is 0 Å². The Hall–Kier alpha value is -2.35. The Kier molecular flexibility index (Phi) is 4.80. The molecule has 142 valence electrons. The SMILES string of the molecule is S=c1oc(Cc2ccccc2)nn1CN1CCC[C@H]1c1nc2ccccc2s1. The van der Waals surface area contributed by atoms with Crippen LogP contribution in [0, 0.1) is 4.84 Å². The molecule has 0 bridgehead atoms. The number of fused-ring (bicyclic) bond motifs is 1. The van der Waals surface area contributed by atoms with E-state index >= 15 is 0 Å². The van der Waals surface area contributed by atoms with Gasteiger partial charge in [0.05, 0.1) is 29.3 Å². The molecule has 0 unspecified atom stereocenters. The second-order valence-electron chi connectivity index (χ2n) is 7.06. The minimum Gasteiger partial charge on any atom is -0.414 e. The largest absolute Gasteiger partial charge is 0.414 e. The highest BCUT2D eigenvalue weighted by Gasteiger charge is 2.29. The van der Waals surface area contributed by atoms with Gasteiger partial charge in [0.1, 0.15) is 5.01 Å². The minimum absolute atomic E-state index is 0.313. The van der Waals surface area contributed by atoms with Gasteiger partial charge in [-0.1, -0.05) is 42.5 Å². The standard InChI is InChI=1S/C21H20N4OS2/c27-21-25(23-19(26-21)13-15-7-2-1-3-8-15)14-24-12-6-10-17(24)20-22-16-9-4-5-11-18(16)28-20/h1-5,7-9,11,17H,6,10,12-14H2/t17-/m0/s1. The molecule has 3 heterocycles. The highest BCUT2D eigenvalue weighted by Crippen LogP contribution is 2.36. The Balaban J connectivity index is 1.35. The van der Waals surface area contributed by atoms with Gasteiger partial charge in [-0.2, -0.15) is 0 Å². The van der Waals surface area contributed by atoms with Crippen LogP contribution in [0.1, 0.15) is 35.3 Å². The van der Waals surface area contributed by atoms with Crippen molar-refractivity contribution < 1.29 is 4.42 Å². The van der Waals surface area contributed by atoms with Crippen molar-refractivity contribution in [3.63, 3.8) is 0 Å². The predicted molar refractivity (Wildman–Crippen MR) is 113 cm³/mol. The van der Waals surface area contributed by atoms with E-state index in [4.69, 9.17) is 21.6 Å². The van der Waals surface area contributed by atoms with E-state index in [9.17, 15) is 0 Å². The molecule has 2 aromatic heterocycles. The zero-order valence-electron chi connectivity index (χ0n) is 15.3. The Bertz CT molecular complexity index is 1110. The number of hydrogen-bond donors (Lipinski definition) is 0. The summed E-state index contributed by atoms with van der Waals surface area (Å²) in [5.41, 5.74) is 2.25. The third-order valence-corrected chi connectivity index (χ3v) is 6.55. The highest BCUT2D eigenvalue weighted by atomic mass is 32.1. The lowest BCUT2D eigenvalue weighted by molar-refractivity contribution is 0.187. The Morgan fingerprint density at radius 3 is 2.79 bits per heavy atom. The van der Waals surface area contributed by atoms with Crippen LogP contribution >= 0.6 is 23.6 Å². The van der Waals surface area contributed by atoms with Gasteiger partial charge >= 0.3 is 0 Å². The molecule has 1 aliphatic rings. The smallest absolute Gasteiger partial charge is 0.288 e. The van der Waals surface area contributed by atoms with Gasteiger partial charge in [0, 0.05) is 6.54 Å². The molecule has 4 aromatic rings. The molecule has 1 saturated heterocycles. The van der Waals surface area contributed by atoms with Crippen molar-refractivity contribution in [2.24, 2.45) is 0 Å². The lowest BCUT2D eigenvalue weighted by atomic mass is 10.2. The lowest BCUT2D eigenvalue weighted by Crippen LogP contribution is -2.26. The van der Waals surface area contributed by atoms with Crippen molar-refractivity contribution in [2.45, 2.75) is 32.0 Å². The maximum absolute atomic E-state index is 5.74. The molecule has 7 heteroatoms. The van der Waals surface area contributed by atoms with Crippen molar-refractivity contribution in [2.75, 3.05) is 6.54 Å². The number of nitrogens with zero attached hydrogens (tertiary/aromatic N) is 4. The van der Waals surface area contributed by atoms with E-state index in [2.05, 4.69) is 40.3 Å². The van der Waals surface area contributed by atoms with Gasteiger partial charge in [-0.05, 0) is 42.8 Å². The molecule has 0 spiro atoms. The van der Waals surface area contributed by atoms with Crippen LogP contribution in [0.4, 0.5) is 0 Å². The summed E-state index contributed by atoms with van der Waals surface area (Å²) in [6, 6.07) is 18.8. The van der Waals surface area contributed by atoms with E-state index in [1.807, 2.05) is 24.3 Å². The topological polar surface area (TPSA) is 47.1 Å². The third-order valence-electron chi connectivity index (χ3n) is 5.12. The van der Waals surface area contributed by atoms with Gasteiger partial charge < -0.3 is 4.42 Å². The third kappa shape index (κ3) is 3.53. The average Bonchev–Trinajstić information content (AvgIpc) is 3.41. The second-order valence-corrected chi connectivity index (χ2v) is 8.47. The first-order valence-electron chi connectivity index (χ1n) is 9.46. The maximum atomic E-state index is 5.74. The Morgan fingerprint density at radius 1 is 1.11 bits per heavy atom. The van der Waals surface area contributed by atoms with Crippen LogP contribution in [0.15, 0.2) is 59.0 Å². The number of likely N-dealkylation sites (tertiary alicyclic amines) is 1. The minimum atomic E-state index is 0.313. The number of benzene rings is 2. The fourth-order valence-electron chi connectivity index (χ4n) is 3.76. The molecule has 0 amide bonds. The van der Waals surface area contributed by atoms with Crippen LogP contribution in [0.2, 0.25) is 0 Å². The lowest BCUT2D eigenvalue weighted by Gasteiger charge is -2.21. The van der Waals surface area contributed by atoms with Crippen LogP contribution in [-0.2, 0) is 13.1 Å². The fourth-order valence-corrected chi connectivity index (χ4v) is 5.09. The number of aromatic nitrogens is 3. The molecule has 0 radical (unpaired) electrons. The quantitative estimate of drug-likeness (QED) is 0.425. The molecule has 28 heavy (non-hydrogen) atoms.